The Morgan fingerprint density at radius 2 is 2.19 bits per heavy atom. The largest absolute Gasteiger partial charge is 0.490 e. The first-order valence-electron chi connectivity index (χ1n) is 9.66. The number of aromatic nitrogens is 3. The van der Waals surface area contributed by atoms with Crippen molar-refractivity contribution in [1.29, 1.82) is 0 Å². The van der Waals surface area contributed by atoms with Crippen LogP contribution < -0.4 is 10.1 Å². The first kappa shape index (κ1) is 16.7. The van der Waals surface area contributed by atoms with E-state index in [4.69, 9.17) is 4.74 Å². The zero-order valence-electron chi connectivity index (χ0n) is 15.4. The summed E-state index contributed by atoms with van der Waals surface area (Å²) in [5, 5.41) is 3.96. The average molecular weight is 366 g/mol. The summed E-state index contributed by atoms with van der Waals surface area (Å²) in [6.45, 7) is 3.71. The summed E-state index contributed by atoms with van der Waals surface area (Å²) >= 11 is 0. The molecule has 0 radical (unpaired) electrons. The summed E-state index contributed by atoms with van der Waals surface area (Å²) in [5.41, 5.74) is 4.04. The van der Waals surface area contributed by atoms with Gasteiger partial charge in [-0.2, -0.15) is 0 Å². The Balaban J connectivity index is 1.38. The van der Waals surface area contributed by atoms with Crippen LogP contribution >= 0.6 is 0 Å². The predicted molar refractivity (Wildman–Crippen MR) is 101 cm³/mol. The van der Waals surface area contributed by atoms with E-state index < -0.39 is 0 Å². The fraction of sp³-hybridized carbons (Fsp3) is 0.429. The summed E-state index contributed by atoms with van der Waals surface area (Å²) in [5.74, 6) is 0.753. The molecule has 1 aromatic carbocycles. The second-order valence-corrected chi connectivity index (χ2v) is 7.57. The summed E-state index contributed by atoms with van der Waals surface area (Å²) < 4.78 is 22.8. The molecule has 2 aromatic heterocycles. The highest BCUT2D eigenvalue weighted by atomic mass is 19.1. The molecule has 6 heteroatoms. The summed E-state index contributed by atoms with van der Waals surface area (Å²) in [6, 6.07) is 6.55. The van der Waals surface area contributed by atoms with Crippen LogP contribution in [0.3, 0.4) is 0 Å². The topological polar surface area (TPSA) is 52.0 Å². The first-order valence-corrected chi connectivity index (χ1v) is 9.66. The van der Waals surface area contributed by atoms with Gasteiger partial charge in [0, 0.05) is 30.8 Å². The lowest BCUT2D eigenvalue weighted by Crippen LogP contribution is -2.25. The number of halogens is 1. The molecule has 27 heavy (non-hydrogen) atoms. The molecule has 5 rings (SSSR count). The van der Waals surface area contributed by atoms with Crippen molar-refractivity contribution in [3.05, 3.63) is 53.4 Å². The van der Waals surface area contributed by atoms with Gasteiger partial charge in [0.2, 0.25) is 0 Å². The lowest BCUT2D eigenvalue weighted by atomic mass is 10.0. The third kappa shape index (κ3) is 2.88. The zero-order chi connectivity index (χ0) is 18.4. The number of rotatable bonds is 3. The van der Waals surface area contributed by atoms with Crippen molar-refractivity contribution < 1.29 is 9.13 Å². The molecule has 0 spiro atoms. The summed E-state index contributed by atoms with van der Waals surface area (Å²) in [7, 11) is 0. The molecule has 140 valence electrons. The van der Waals surface area contributed by atoms with Crippen LogP contribution in [0.2, 0.25) is 0 Å². The van der Waals surface area contributed by atoms with Crippen LogP contribution in [-0.4, -0.2) is 27.2 Å². The Labute approximate surface area is 157 Å². The normalized spacial score (nSPS) is 22.1. The van der Waals surface area contributed by atoms with Crippen molar-refractivity contribution in [1.82, 2.24) is 19.9 Å². The number of hydrogen-bond donors (Lipinski definition) is 1. The van der Waals surface area contributed by atoms with E-state index in [1.807, 2.05) is 11.5 Å². The summed E-state index contributed by atoms with van der Waals surface area (Å²) in [6.07, 6.45) is 7.08. The van der Waals surface area contributed by atoms with Gasteiger partial charge in [-0.05, 0) is 44.4 Å². The van der Waals surface area contributed by atoms with Crippen molar-refractivity contribution >= 4 is 11.0 Å². The van der Waals surface area contributed by atoms with Gasteiger partial charge in [0.15, 0.2) is 5.82 Å². The zero-order valence-corrected chi connectivity index (χ0v) is 15.4. The second kappa shape index (κ2) is 6.60. The van der Waals surface area contributed by atoms with E-state index in [-0.39, 0.29) is 18.0 Å². The monoisotopic (exact) mass is 366 g/mol. The van der Waals surface area contributed by atoms with Crippen molar-refractivity contribution in [3.63, 3.8) is 0 Å². The highest BCUT2D eigenvalue weighted by Gasteiger charge is 2.30. The average Bonchev–Trinajstić information content (AvgIpc) is 3.27. The molecular weight excluding hydrogens is 343 g/mol. The number of fused-ring (bicyclic) bond motifs is 2. The van der Waals surface area contributed by atoms with Crippen molar-refractivity contribution in [3.8, 4) is 5.75 Å². The Morgan fingerprint density at radius 1 is 1.26 bits per heavy atom. The van der Waals surface area contributed by atoms with E-state index in [0.717, 1.165) is 44.5 Å². The Kier molecular flexibility index (Phi) is 4.08. The standard InChI is InChI=1S/C21H23FN4O/c1-13-20-18(22)11-26(21(20)25-12-24-13)15-5-6-16(9-15)27-19-4-2-3-14-7-8-23-10-17(14)19/h2-4,11-12,15-16,23H,5-10H2,1H3. The van der Waals surface area contributed by atoms with Gasteiger partial charge >= 0.3 is 0 Å². The molecule has 1 fully saturated rings. The maximum atomic E-state index is 14.4. The van der Waals surface area contributed by atoms with Crippen molar-refractivity contribution in [2.45, 2.75) is 51.3 Å². The second-order valence-electron chi connectivity index (χ2n) is 7.57. The molecule has 0 saturated heterocycles. The molecule has 1 saturated carbocycles. The van der Waals surface area contributed by atoms with Crippen LogP contribution in [-0.2, 0) is 13.0 Å². The van der Waals surface area contributed by atoms with Crippen molar-refractivity contribution in [2.75, 3.05) is 6.54 Å². The number of nitrogens with zero attached hydrogens (tertiary/aromatic N) is 3. The van der Waals surface area contributed by atoms with E-state index in [1.165, 1.54) is 17.5 Å². The third-order valence-electron chi connectivity index (χ3n) is 5.90. The van der Waals surface area contributed by atoms with Crippen LogP contribution in [0.1, 0.15) is 42.1 Å². The minimum atomic E-state index is -0.240. The highest BCUT2D eigenvalue weighted by Crippen LogP contribution is 2.37. The van der Waals surface area contributed by atoms with Crippen molar-refractivity contribution in [2.24, 2.45) is 0 Å². The quantitative estimate of drug-likeness (QED) is 0.768. The number of hydrogen-bond acceptors (Lipinski definition) is 4. The van der Waals surface area contributed by atoms with Gasteiger partial charge in [0.05, 0.1) is 11.1 Å². The van der Waals surface area contributed by atoms with Crippen LogP contribution in [0.25, 0.3) is 11.0 Å². The molecule has 1 N–H and O–H groups in total. The molecule has 0 bridgehead atoms. The van der Waals surface area contributed by atoms with Gasteiger partial charge < -0.3 is 14.6 Å². The minimum Gasteiger partial charge on any atom is -0.490 e. The molecule has 3 aromatic rings. The first-order chi connectivity index (χ1) is 13.2. The lowest BCUT2D eigenvalue weighted by molar-refractivity contribution is 0.202. The Bertz CT molecular complexity index is 999. The maximum absolute atomic E-state index is 14.4. The number of nitrogens with one attached hydrogen (secondary N) is 1. The molecule has 5 nitrogen and oxygen atoms in total. The van der Waals surface area contributed by atoms with Crippen LogP contribution in [0.5, 0.6) is 5.75 Å². The molecule has 3 heterocycles. The van der Waals surface area contributed by atoms with E-state index >= 15 is 0 Å². The molecule has 1 aliphatic carbocycles. The maximum Gasteiger partial charge on any atom is 0.152 e. The molecule has 2 atom stereocenters. The van der Waals surface area contributed by atoms with Crippen LogP contribution in [0.4, 0.5) is 4.39 Å². The number of benzene rings is 1. The van der Waals surface area contributed by atoms with Gasteiger partial charge in [-0.25, -0.2) is 14.4 Å². The number of ether oxygens (including phenoxy) is 1. The molecular formula is C21H23FN4O. The minimum absolute atomic E-state index is 0.145. The lowest BCUT2D eigenvalue weighted by Gasteiger charge is -2.23. The van der Waals surface area contributed by atoms with Gasteiger partial charge in [0.25, 0.3) is 0 Å². The smallest absolute Gasteiger partial charge is 0.152 e. The van der Waals surface area contributed by atoms with Gasteiger partial charge in [-0.15, -0.1) is 0 Å². The van der Waals surface area contributed by atoms with E-state index in [2.05, 4.69) is 33.5 Å². The molecule has 2 unspecified atom stereocenters. The van der Waals surface area contributed by atoms with Gasteiger partial charge in [-0.3, -0.25) is 0 Å². The number of aryl methyl sites for hydroxylation is 1. The molecule has 0 amide bonds. The predicted octanol–water partition coefficient (Wildman–Crippen LogP) is 3.70. The Morgan fingerprint density at radius 3 is 3.11 bits per heavy atom. The van der Waals surface area contributed by atoms with Crippen LogP contribution in [0, 0.1) is 12.7 Å². The third-order valence-corrected chi connectivity index (χ3v) is 5.90. The fourth-order valence-corrected chi connectivity index (χ4v) is 4.51. The van der Waals surface area contributed by atoms with E-state index in [0.29, 0.717) is 16.7 Å². The Hall–Kier alpha value is -2.47. The van der Waals surface area contributed by atoms with Crippen LogP contribution in [0.15, 0.2) is 30.7 Å². The van der Waals surface area contributed by atoms with Gasteiger partial charge in [-0.1, -0.05) is 12.1 Å². The molecule has 1 aliphatic heterocycles. The van der Waals surface area contributed by atoms with E-state index in [9.17, 15) is 4.39 Å². The van der Waals surface area contributed by atoms with E-state index in [1.54, 1.807) is 6.20 Å². The highest BCUT2D eigenvalue weighted by molar-refractivity contribution is 5.79. The molecule has 2 aliphatic rings. The summed E-state index contributed by atoms with van der Waals surface area (Å²) in [4.78, 5) is 8.46. The SMILES string of the molecule is Cc1ncnc2c1c(F)cn2C1CCC(Oc2cccc3c2CNCC3)C1. The fourth-order valence-electron chi connectivity index (χ4n) is 4.51. The van der Waals surface area contributed by atoms with Gasteiger partial charge in [0.1, 0.15) is 23.8 Å².